The van der Waals surface area contributed by atoms with Gasteiger partial charge in [0.25, 0.3) is 5.91 Å². The van der Waals surface area contributed by atoms with Gasteiger partial charge in [0.15, 0.2) is 0 Å². The van der Waals surface area contributed by atoms with Crippen LogP contribution in [0.2, 0.25) is 0 Å². The van der Waals surface area contributed by atoms with Gasteiger partial charge in [-0.15, -0.1) is 11.3 Å². The van der Waals surface area contributed by atoms with E-state index in [0.717, 1.165) is 45.0 Å². The number of thiophene rings is 1. The summed E-state index contributed by atoms with van der Waals surface area (Å²) in [6, 6.07) is 12.6. The van der Waals surface area contributed by atoms with Gasteiger partial charge in [-0.05, 0) is 42.1 Å². The largest absolute Gasteiger partial charge is 0.335 e. The molecular formula is C21H25N3OS. The van der Waals surface area contributed by atoms with E-state index in [1.54, 1.807) is 11.3 Å². The Morgan fingerprint density at radius 3 is 2.62 bits per heavy atom. The first kappa shape index (κ1) is 17.3. The van der Waals surface area contributed by atoms with Gasteiger partial charge in [0.1, 0.15) is 10.5 Å². The highest BCUT2D eigenvalue weighted by Crippen LogP contribution is 2.28. The van der Waals surface area contributed by atoms with Gasteiger partial charge in [0.05, 0.1) is 0 Å². The number of carbonyl (C=O) groups excluding carboxylic acids is 1. The van der Waals surface area contributed by atoms with Crippen LogP contribution in [0.1, 0.15) is 28.5 Å². The summed E-state index contributed by atoms with van der Waals surface area (Å²) in [4.78, 5) is 18.8. The molecule has 0 unspecified atom stereocenters. The minimum atomic E-state index is 0.165. The number of benzene rings is 1. The van der Waals surface area contributed by atoms with Gasteiger partial charge in [-0.2, -0.15) is 0 Å². The number of rotatable bonds is 4. The van der Waals surface area contributed by atoms with Gasteiger partial charge in [0, 0.05) is 38.1 Å². The summed E-state index contributed by atoms with van der Waals surface area (Å²) in [6.07, 6.45) is 0. The molecule has 1 fully saturated rings. The standard InChI is InChI=1S/C21H25N3OS/c1-3-22-9-11-23(12-10-22)20(25)19-14-17-8-13-26-21(17)24(19)15-18-7-5-4-6-16(18)2/h4-8,13-14H,3,9-12,15H2,1-2H3. The number of hydrogen-bond donors (Lipinski definition) is 0. The topological polar surface area (TPSA) is 28.5 Å². The van der Waals surface area contributed by atoms with Gasteiger partial charge in [-0.25, -0.2) is 0 Å². The molecule has 3 heterocycles. The van der Waals surface area contributed by atoms with E-state index in [0.29, 0.717) is 0 Å². The lowest BCUT2D eigenvalue weighted by molar-refractivity contribution is 0.0634. The maximum absolute atomic E-state index is 13.2. The van der Waals surface area contributed by atoms with Crippen LogP contribution in [0.25, 0.3) is 10.2 Å². The average Bonchev–Trinajstić information content (AvgIpc) is 3.25. The Labute approximate surface area is 158 Å². The van der Waals surface area contributed by atoms with E-state index in [4.69, 9.17) is 0 Å². The molecule has 1 saturated heterocycles. The summed E-state index contributed by atoms with van der Waals surface area (Å²) in [5, 5.41) is 3.27. The first-order chi connectivity index (χ1) is 12.7. The number of likely N-dealkylation sites (N-methyl/N-ethyl adjacent to an activating group) is 1. The molecule has 1 aliphatic rings. The molecule has 26 heavy (non-hydrogen) atoms. The molecule has 4 nitrogen and oxygen atoms in total. The van der Waals surface area contributed by atoms with Gasteiger partial charge in [-0.1, -0.05) is 31.2 Å². The average molecular weight is 368 g/mol. The molecule has 5 heteroatoms. The minimum absolute atomic E-state index is 0.165. The number of aromatic nitrogens is 1. The van der Waals surface area contributed by atoms with Crippen molar-refractivity contribution < 1.29 is 4.79 Å². The predicted molar refractivity (Wildman–Crippen MR) is 108 cm³/mol. The summed E-state index contributed by atoms with van der Waals surface area (Å²) in [5.41, 5.74) is 3.35. The van der Waals surface area contributed by atoms with Crippen molar-refractivity contribution in [2.45, 2.75) is 20.4 Å². The van der Waals surface area contributed by atoms with Gasteiger partial charge >= 0.3 is 0 Å². The van der Waals surface area contributed by atoms with E-state index in [9.17, 15) is 4.79 Å². The Morgan fingerprint density at radius 2 is 1.88 bits per heavy atom. The van der Waals surface area contributed by atoms with Crippen molar-refractivity contribution in [3.8, 4) is 0 Å². The second kappa shape index (κ2) is 7.25. The van der Waals surface area contributed by atoms with Crippen molar-refractivity contribution in [3.05, 3.63) is 58.6 Å². The first-order valence-corrected chi connectivity index (χ1v) is 10.2. The number of piperazine rings is 1. The molecule has 1 aliphatic heterocycles. The minimum Gasteiger partial charge on any atom is -0.335 e. The zero-order valence-corrected chi connectivity index (χ0v) is 16.3. The number of amides is 1. The molecule has 1 amide bonds. The number of hydrogen-bond acceptors (Lipinski definition) is 3. The van der Waals surface area contributed by atoms with E-state index in [1.165, 1.54) is 21.3 Å². The predicted octanol–water partition coefficient (Wildman–Crippen LogP) is 3.84. The van der Waals surface area contributed by atoms with Gasteiger partial charge in [0.2, 0.25) is 0 Å². The summed E-state index contributed by atoms with van der Waals surface area (Å²) < 4.78 is 2.21. The molecule has 0 aliphatic carbocycles. The van der Waals surface area contributed by atoms with E-state index < -0.39 is 0 Å². The maximum atomic E-state index is 13.2. The molecule has 2 aromatic heterocycles. The summed E-state index contributed by atoms with van der Waals surface area (Å²) in [6.45, 7) is 9.68. The van der Waals surface area contributed by atoms with Crippen molar-refractivity contribution in [1.82, 2.24) is 14.4 Å². The SMILES string of the molecule is CCN1CCN(C(=O)c2cc3ccsc3n2Cc2ccccc2C)CC1. The monoisotopic (exact) mass is 367 g/mol. The fourth-order valence-corrected chi connectivity index (χ4v) is 4.59. The molecule has 3 aromatic rings. The second-order valence-corrected chi connectivity index (χ2v) is 7.84. The van der Waals surface area contributed by atoms with Crippen LogP contribution in [0.3, 0.4) is 0 Å². The third-order valence-corrected chi connectivity index (χ3v) is 6.37. The van der Waals surface area contributed by atoms with Gasteiger partial charge < -0.3 is 14.4 Å². The molecule has 4 rings (SSSR count). The van der Waals surface area contributed by atoms with Crippen LogP contribution in [-0.4, -0.2) is 53.0 Å². The van der Waals surface area contributed by atoms with Crippen molar-refractivity contribution >= 4 is 27.5 Å². The van der Waals surface area contributed by atoms with Crippen molar-refractivity contribution in [1.29, 1.82) is 0 Å². The molecule has 1 aromatic carbocycles. The van der Waals surface area contributed by atoms with Crippen LogP contribution in [0.4, 0.5) is 0 Å². The Balaban J connectivity index is 1.66. The Morgan fingerprint density at radius 1 is 1.12 bits per heavy atom. The Kier molecular flexibility index (Phi) is 4.83. The van der Waals surface area contributed by atoms with Crippen LogP contribution in [0, 0.1) is 6.92 Å². The fourth-order valence-electron chi connectivity index (χ4n) is 3.70. The molecule has 0 N–H and O–H groups in total. The molecular weight excluding hydrogens is 342 g/mol. The van der Waals surface area contributed by atoms with Crippen molar-refractivity contribution in [2.24, 2.45) is 0 Å². The summed E-state index contributed by atoms with van der Waals surface area (Å²) in [5.74, 6) is 0.165. The third-order valence-electron chi connectivity index (χ3n) is 5.42. The van der Waals surface area contributed by atoms with Crippen LogP contribution in [0.5, 0.6) is 0 Å². The summed E-state index contributed by atoms with van der Waals surface area (Å²) >= 11 is 1.71. The quantitative estimate of drug-likeness (QED) is 0.701. The first-order valence-electron chi connectivity index (χ1n) is 9.30. The smallest absolute Gasteiger partial charge is 0.270 e. The van der Waals surface area contributed by atoms with Crippen molar-refractivity contribution in [2.75, 3.05) is 32.7 Å². The van der Waals surface area contributed by atoms with Crippen LogP contribution >= 0.6 is 11.3 Å². The zero-order valence-electron chi connectivity index (χ0n) is 15.4. The number of carbonyl (C=O) groups is 1. The number of fused-ring (bicyclic) bond motifs is 1. The van der Waals surface area contributed by atoms with Crippen LogP contribution in [-0.2, 0) is 6.54 Å². The van der Waals surface area contributed by atoms with Crippen molar-refractivity contribution in [3.63, 3.8) is 0 Å². The van der Waals surface area contributed by atoms with E-state index in [-0.39, 0.29) is 5.91 Å². The molecule has 0 atom stereocenters. The lowest BCUT2D eigenvalue weighted by Crippen LogP contribution is -2.48. The molecule has 0 spiro atoms. The lowest BCUT2D eigenvalue weighted by atomic mass is 10.1. The Bertz CT molecular complexity index is 918. The maximum Gasteiger partial charge on any atom is 0.270 e. The van der Waals surface area contributed by atoms with E-state index in [2.05, 4.69) is 65.1 Å². The lowest BCUT2D eigenvalue weighted by Gasteiger charge is -2.34. The highest BCUT2D eigenvalue weighted by Gasteiger charge is 2.25. The third kappa shape index (κ3) is 3.17. The normalized spacial score (nSPS) is 15.7. The van der Waals surface area contributed by atoms with Crippen LogP contribution in [0.15, 0.2) is 41.8 Å². The fraction of sp³-hybridized carbons (Fsp3) is 0.381. The second-order valence-electron chi connectivity index (χ2n) is 6.95. The molecule has 0 radical (unpaired) electrons. The highest BCUT2D eigenvalue weighted by atomic mass is 32.1. The number of nitrogens with zero attached hydrogens (tertiary/aromatic N) is 3. The summed E-state index contributed by atoms with van der Waals surface area (Å²) in [7, 11) is 0. The van der Waals surface area contributed by atoms with E-state index >= 15 is 0 Å². The van der Waals surface area contributed by atoms with Crippen LogP contribution < -0.4 is 0 Å². The number of aryl methyl sites for hydroxylation is 1. The molecule has 0 saturated carbocycles. The molecule has 0 bridgehead atoms. The highest BCUT2D eigenvalue weighted by molar-refractivity contribution is 7.16. The zero-order chi connectivity index (χ0) is 18.1. The van der Waals surface area contributed by atoms with E-state index in [1.807, 2.05) is 4.90 Å². The van der Waals surface area contributed by atoms with Gasteiger partial charge in [-0.3, -0.25) is 4.79 Å². The molecule has 136 valence electrons. The Hall–Kier alpha value is -2.11.